The fourth-order valence-corrected chi connectivity index (χ4v) is 3.05. The van der Waals surface area contributed by atoms with E-state index in [0.717, 1.165) is 33.8 Å². The first kappa shape index (κ1) is 15.9. The largest absolute Gasteiger partial charge is 0.497 e. The zero-order valence-corrected chi connectivity index (χ0v) is 14.0. The molecule has 3 heteroatoms. The first-order valence-electron chi connectivity index (χ1n) is 7.94. The molecule has 0 saturated heterocycles. The van der Waals surface area contributed by atoms with Crippen molar-refractivity contribution in [3.63, 3.8) is 0 Å². The van der Waals surface area contributed by atoms with Crippen LogP contribution in [0.25, 0.3) is 0 Å². The van der Waals surface area contributed by atoms with E-state index in [2.05, 4.69) is 25.1 Å². The third-order valence-electron chi connectivity index (χ3n) is 4.29. The summed E-state index contributed by atoms with van der Waals surface area (Å²) in [4.78, 5) is 0. The molecule has 0 aliphatic rings. The Hall–Kier alpha value is -2.94. The summed E-state index contributed by atoms with van der Waals surface area (Å²) in [6.07, 6.45) is 0. The van der Waals surface area contributed by atoms with Gasteiger partial charge in [-0.1, -0.05) is 48.0 Å². The second-order valence-electron chi connectivity index (χ2n) is 5.97. The number of rotatable bonds is 4. The van der Waals surface area contributed by atoms with E-state index in [1.165, 1.54) is 5.56 Å². The Kier molecular flexibility index (Phi) is 4.43. The molecule has 0 bridgehead atoms. The average molecular weight is 318 g/mol. The van der Waals surface area contributed by atoms with Crippen LogP contribution in [0.3, 0.4) is 0 Å². The van der Waals surface area contributed by atoms with Crippen LogP contribution in [0.5, 0.6) is 5.75 Å². The molecule has 0 heterocycles. The Morgan fingerprint density at radius 1 is 0.792 bits per heavy atom. The molecule has 0 amide bonds. The number of nitrogens with two attached hydrogens (primary N) is 2. The minimum atomic E-state index is -0.0406. The van der Waals surface area contributed by atoms with Gasteiger partial charge in [0.15, 0.2) is 0 Å². The normalized spacial score (nSPS) is 11.9. The first-order chi connectivity index (χ1) is 11.6. The lowest BCUT2D eigenvalue weighted by atomic mass is 9.83. The molecule has 24 heavy (non-hydrogen) atoms. The standard InChI is InChI=1S/C21H22N2O/c1-14-8-10-19(22)17(12-14)21(15-6-4-3-5-7-15)18-13-16(24-2)9-11-20(18)23/h3-13,21H,22-23H2,1-2H3. The highest BCUT2D eigenvalue weighted by Crippen LogP contribution is 2.39. The summed E-state index contributed by atoms with van der Waals surface area (Å²) >= 11 is 0. The predicted octanol–water partition coefficient (Wildman–Crippen LogP) is 4.35. The number of ether oxygens (including phenoxy) is 1. The number of nitrogen functional groups attached to an aromatic ring is 2. The van der Waals surface area contributed by atoms with Crippen LogP contribution < -0.4 is 16.2 Å². The SMILES string of the molecule is COc1ccc(N)c(C(c2ccccc2)c2cc(C)ccc2N)c1. The quantitative estimate of drug-likeness (QED) is 0.555. The second kappa shape index (κ2) is 6.67. The number of anilines is 2. The molecule has 0 fully saturated rings. The highest BCUT2D eigenvalue weighted by Gasteiger charge is 2.22. The Morgan fingerprint density at radius 2 is 1.42 bits per heavy atom. The highest BCUT2D eigenvalue weighted by atomic mass is 16.5. The van der Waals surface area contributed by atoms with Crippen LogP contribution in [0.4, 0.5) is 11.4 Å². The molecule has 3 nitrogen and oxygen atoms in total. The van der Waals surface area contributed by atoms with E-state index in [-0.39, 0.29) is 5.92 Å². The van der Waals surface area contributed by atoms with Gasteiger partial charge in [0.2, 0.25) is 0 Å². The number of aryl methyl sites for hydroxylation is 1. The number of benzene rings is 3. The average Bonchev–Trinajstić information content (AvgIpc) is 2.61. The van der Waals surface area contributed by atoms with Crippen LogP contribution in [-0.2, 0) is 0 Å². The Balaban J connectivity index is 2.26. The van der Waals surface area contributed by atoms with Crippen molar-refractivity contribution in [3.05, 3.63) is 89.0 Å². The maximum atomic E-state index is 6.31. The second-order valence-corrected chi connectivity index (χ2v) is 5.97. The molecule has 0 spiro atoms. The summed E-state index contributed by atoms with van der Waals surface area (Å²) in [7, 11) is 1.66. The van der Waals surface area contributed by atoms with Gasteiger partial charge in [-0.3, -0.25) is 0 Å². The first-order valence-corrected chi connectivity index (χ1v) is 7.94. The zero-order valence-electron chi connectivity index (χ0n) is 14.0. The minimum Gasteiger partial charge on any atom is -0.497 e. The fourth-order valence-electron chi connectivity index (χ4n) is 3.05. The molecule has 0 radical (unpaired) electrons. The maximum Gasteiger partial charge on any atom is 0.119 e. The maximum absolute atomic E-state index is 6.31. The number of hydrogen-bond acceptors (Lipinski definition) is 3. The molecule has 1 atom stereocenters. The van der Waals surface area contributed by atoms with Gasteiger partial charge >= 0.3 is 0 Å². The van der Waals surface area contributed by atoms with Crippen molar-refractivity contribution in [2.45, 2.75) is 12.8 Å². The molecule has 0 aliphatic heterocycles. The Bertz CT molecular complexity index is 844. The third-order valence-corrected chi connectivity index (χ3v) is 4.29. The van der Waals surface area contributed by atoms with Crippen molar-refractivity contribution in [2.24, 2.45) is 0 Å². The highest BCUT2D eigenvalue weighted by molar-refractivity contribution is 5.63. The molecule has 0 aromatic heterocycles. The van der Waals surface area contributed by atoms with E-state index in [9.17, 15) is 0 Å². The molecular formula is C21H22N2O. The van der Waals surface area contributed by atoms with E-state index in [1.54, 1.807) is 7.11 Å². The van der Waals surface area contributed by atoms with Crippen LogP contribution in [0.15, 0.2) is 66.7 Å². The number of hydrogen-bond donors (Lipinski definition) is 2. The molecule has 3 rings (SSSR count). The monoisotopic (exact) mass is 318 g/mol. The van der Waals surface area contributed by atoms with Gasteiger partial charge in [0, 0.05) is 17.3 Å². The van der Waals surface area contributed by atoms with Crippen molar-refractivity contribution >= 4 is 11.4 Å². The van der Waals surface area contributed by atoms with Gasteiger partial charge < -0.3 is 16.2 Å². The molecule has 3 aromatic carbocycles. The van der Waals surface area contributed by atoms with Crippen LogP contribution in [0.2, 0.25) is 0 Å². The summed E-state index contributed by atoms with van der Waals surface area (Å²) in [6, 6.07) is 22.1. The topological polar surface area (TPSA) is 61.3 Å². The Morgan fingerprint density at radius 3 is 2.08 bits per heavy atom. The van der Waals surface area contributed by atoms with E-state index < -0.39 is 0 Å². The molecule has 4 N–H and O–H groups in total. The van der Waals surface area contributed by atoms with Gasteiger partial charge in [-0.15, -0.1) is 0 Å². The predicted molar refractivity (Wildman–Crippen MR) is 100 cm³/mol. The van der Waals surface area contributed by atoms with Gasteiger partial charge in [0.1, 0.15) is 5.75 Å². The fraction of sp³-hybridized carbons (Fsp3) is 0.143. The summed E-state index contributed by atoms with van der Waals surface area (Å²) in [5.74, 6) is 0.743. The molecule has 1 unspecified atom stereocenters. The van der Waals surface area contributed by atoms with Crippen molar-refractivity contribution < 1.29 is 4.74 Å². The van der Waals surface area contributed by atoms with Crippen LogP contribution >= 0.6 is 0 Å². The van der Waals surface area contributed by atoms with Gasteiger partial charge in [-0.05, 0) is 47.9 Å². The molecule has 3 aromatic rings. The molecule has 122 valence electrons. The third kappa shape index (κ3) is 3.06. The zero-order chi connectivity index (χ0) is 17.1. The van der Waals surface area contributed by atoms with E-state index >= 15 is 0 Å². The Labute approximate surface area is 142 Å². The van der Waals surface area contributed by atoms with Gasteiger partial charge in [-0.25, -0.2) is 0 Å². The smallest absolute Gasteiger partial charge is 0.119 e. The summed E-state index contributed by atoms with van der Waals surface area (Å²) in [5, 5.41) is 0. The van der Waals surface area contributed by atoms with Gasteiger partial charge in [-0.2, -0.15) is 0 Å². The van der Waals surface area contributed by atoms with E-state index in [0.29, 0.717) is 0 Å². The van der Waals surface area contributed by atoms with Gasteiger partial charge in [0.25, 0.3) is 0 Å². The van der Waals surface area contributed by atoms with Crippen molar-refractivity contribution in [1.29, 1.82) is 0 Å². The summed E-state index contributed by atoms with van der Waals surface area (Å²) < 4.78 is 5.40. The molecule has 0 saturated carbocycles. The number of methoxy groups -OCH3 is 1. The summed E-state index contributed by atoms with van der Waals surface area (Å²) in [5.41, 5.74) is 18.5. The van der Waals surface area contributed by atoms with E-state index in [4.69, 9.17) is 16.2 Å². The molecular weight excluding hydrogens is 296 g/mol. The summed E-state index contributed by atoms with van der Waals surface area (Å²) in [6.45, 7) is 2.07. The van der Waals surface area contributed by atoms with Crippen LogP contribution in [0, 0.1) is 6.92 Å². The van der Waals surface area contributed by atoms with Crippen molar-refractivity contribution in [2.75, 3.05) is 18.6 Å². The minimum absolute atomic E-state index is 0.0406. The lowest BCUT2D eigenvalue weighted by molar-refractivity contribution is 0.414. The van der Waals surface area contributed by atoms with Gasteiger partial charge in [0.05, 0.1) is 7.11 Å². The lowest BCUT2D eigenvalue weighted by Crippen LogP contribution is -2.09. The van der Waals surface area contributed by atoms with Crippen LogP contribution in [-0.4, -0.2) is 7.11 Å². The molecule has 0 aliphatic carbocycles. The van der Waals surface area contributed by atoms with E-state index in [1.807, 2.05) is 48.5 Å². The van der Waals surface area contributed by atoms with Crippen molar-refractivity contribution in [3.8, 4) is 5.75 Å². The van der Waals surface area contributed by atoms with Crippen molar-refractivity contribution in [1.82, 2.24) is 0 Å². The lowest BCUT2D eigenvalue weighted by Gasteiger charge is -2.23. The van der Waals surface area contributed by atoms with Crippen LogP contribution in [0.1, 0.15) is 28.2 Å².